The van der Waals surface area contributed by atoms with Crippen molar-refractivity contribution < 1.29 is 18.0 Å². The Bertz CT molecular complexity index is 1790. The monoisotopic (exact) mass is 671 g/mol. The molecule has 0 aromatic heterocycles. The summed E-state index contributed by atoms with van der Waals surface area (Å²) in [5.74, 6) is -0.727. The van der Waals surface area contributed by atoms with E-state index < -0.39 is 28.5 Å². The van der Waals surface area contributed by atoms with Crippen molar-refractivity contribution in [2.75, 3.05) is 10.8 Å². The standard InChI is InChI=1S/C38H42ClN3O4S/c1-27-13-17-31(18-14-27)25-41(36(24-30-9-5-4-6-10-30)38(44)40-33-11-7-8-12-33)37(43)26-42(35-22-19-32(39)23-29(35)3)47(45,46)34-20-15-28(2)16-21-34/h4-6,9-10,13-23,33,36H,7-8,11-12,24-26H2,1-3H3,(H,40,44)/t36-/m1/s1. The molecule has 0 radical (unpaired) electrons. The predicted octanol–water partition coefficient (Wildman–Crippen LogP) is 7.16. The first kappa shape index (κ1) is 34.2. The maximum atomic E-state index is 14.7. The van der Waals surface area contributed by atoms with E-state index in [1.165, 1.54) is 0 Å². The molecule has 1 aliphatic rings. The SMILES string of the molecule is Cc1ccc(CN(C(=O)CN(c2ccc(Cl)cc2C)S(=O)(=O)c2ccc(C)cc2)[C@H](Cc2ccccc2)C(=O)NC2CCCC2)cc1. The summed E-state index contributed by atoms with van der Waals surface area (Å²) in [5, 5.41) is 3.67. The molecule has 1 aliphatic carbocycles. The molecule has 0 spiro atoms. The number of benzene rings is 4. The van der Waals surface area contributed by atoms with Gasteiger partial charge in [-0.05, 0) is 80.6 Å². The van der Waals surface area contributed by atoms with E-state index in [0.717, 1.165) is 52.2 Å². The fourth-order valence-electron chi connectivity index (χ4n) is 6.06. The first-order chi connectivity index (χ1) is 22.5. The molecule has 4 aromatic rings. The normalized spacial score (nSPS) is 14.0. The molecule has 0 unspecified atom stereocenters. The van der Waals surface area contributed by atoms with E-state index in [1.807, 2.05) is 68.4 Å². The highest BCUT2D eigenvalue weighted by molar-refractivity contribution is 7.92. The van der Waals surface area contributed by atoms with Gasteiger partial charge in [0, 0.05) is 24.0 Å². The fraction of sp³-hybridized carbons (Fsp3) is 0.316. The van der Waals surface area contributed by atoms with Crippen LogP contribution in [0, 0.1) is 20.8 Å². The predicted molar refractivity (Wildman–Crippen MR) is 188 cm³/mol. The van der Waals surface area contributed by atoms with Gasteiger partial charge < -0.3 is 10.2 Å². The van der Waals surface area contributed by atoms with Gasteiger partial charge in [-0.3, -0.25) is 13.9 Å². The Hall–Kier alpha value is -4.14. The second-order valence-corrected chi connectivity index (χ2v) is 14.8. The Labute approximate surface area is 283 Å². The van der Waals surface area contributed by atoms with Crippen LogP contribution >= 0.6 is 11.6 Å². The van der Waals surface area contributed by atoms with Crippen molar-refractivity contribution in [3.05, 3.63) is 130 Å². The molecule has 5 rings (SSSR count). The van der Waals surface area contributed by atoms with Crippen LogP contribution in [0.1, 0.15) is 53.5 Å². The van der Waals surface area contributed by atoms with Crippen molar-refractivity contribution in [1.82, 2.24) is 10.2 Å². The number of carbonyl (C=O) groups is 2. The Kier molecular flexibility index (Phi) is 11.0. The average molecular weight is 672 g/mol. The van der Waals surface area contributed by atoms with E-state index in [1.54, 1.807) is 54.3 Å². The molecule has 0 saturated heterocycles. The van der Waals surface area contributed by atoms with Crippen molar-refractivity contribution in [3.63, 3.8) is 0 Å². The Morgan fingerprint density at radius 3 is 2.06 bits per heavy atom. The number of nitrogens with one attached hydrogen (secondary N) is 1. The van der Waals surface area contributed by atoms with Crippen LogP contribution in [0.15, 0.2) is 102 Å². The van der Waals surface area contributed by atoms with Gasteiger partial charge in [0.25, 0.3) is 10.0 Å². The van der Waals surface area contributed by atoms with Gasteiger partial charge in [0.15, 0.2) is 0 Å². The molecule has 9 heteroatoms. The van der Waals surface area contributed by atoms with E-state index in [9.17, 15) is 18.0 Å². The van der Waals surface area contributed by atoms with Crippen LogP contribution in [-0.2, 0) is 32.6 Å². The smallest absolute Gasteiger partial charge is 0.264 e. The van der Waals surface area contributed by atoms with Crippen LogP contribution in [0.4, 0.5) is 5.69 Å². The molecule has 0 heterocycles. The molecular formula is C38H42ClN3O4S. The van der Waals surface area contributed by atoms with Gasteiger partial charge in [-0.25, -0.2) is 8.42 Å². The lowest BCUT2D eigenvalue weighted by Crippen LogP contribution is -2.54. The number of hydrogen-bond acceptors (Lipinski definition) is 4. The molecule has 0 aliphatic heterocycles. The summed E-state index contributed by atoms with van der Waals surface area (Å²) >= 11 is 6.26. The lowest BCUT2D eigenvalue weighted by molar-refractivity contribution is -0.140. The minimum absolute atomic E-state index is 0.0484. The van der Waals surface area contributed by atoms with Gasteiger partial charge in [-0.15, -0.1) is 0 Å². The summed E-state index contributed by atoms with van der Waals surface area (Å²) in [4.78, 5) is 30.4. The van der Waals surface area contributed by atoms with Crippen LogP contribution in [0.3, 0.4) is 0 Å². The molecule has 1 atom stereocenters. The highest BCUT2D eigenvalue weighted by Gasteiger charge is 2.36. The largest absolute Gasteiger partial charge is 0.352 e. The highest BCUT2D eigenvalue weighted by atomic mass is 35.5. The number of anilines is 1. The minimum Gasteiger partial charge on any atom is -0.352 e. The topological polar surface area (TPSA) is 86.8 Å². The fourth-order valence-corrected chi connectivity index (χ4v) is 7.77. The minimum atomic E-state index is -4.19. The third-order valence-electron chi connectivity index (χ3n) is 8.76. The van der Waals surface area contributed by atoms with Gasteiger partial charge in [0.2, 0.25) is 11.8 Å². The van der Waals surface area contributed by atoms with Crippen LogP contribution < -0.4 is 9.62 Å². The van der Waals surface area contributed by atoms with Crippen LogP contribution in [0.2, 0.25) is 5.02 Å². The van der Waals surface area contributed by atoms with E-state index in [-0.39, 0.29) is 29.8 Å². The average Bonchev–Trinajstić information content (AvgIpc) is 3.56. The Morgan fingerprint density at radius 2 is 1.45 bits per heavy atom. The van der Waals surface area contributed by atoms with Gasteiger partial charge in [-0.1, -0.05) is 102 Å². The van der Waals surface area contributed by atoms with E-state index in [0.29, 0.717) is 16.3 Å². The van der Waals surface area contributed by atoms with Gasteiger partial charge in [-0.2, -0.15) is 0 Å². The zero-order valence-corrected chi connectivity index (χ0v) is 28.7. The molecule has 1 fully saturated rings. The molecule has 246 valence electrons. The first-order valence-electron chi connectivity index (χ1n) is 16.1. The number of aryl methyl sites for hydroxylation is 3. The maximum absolute atomic E-state index is 14.7. The third kappa shape index (κ3) is 8.62. The lowest BCUT2D eigenvalue weighted by atomic mass is 10.0. The highest BCUT2D eigenvalue weighted by Crippen LogP contribution is 2.30. The number of carbonyl (C=O) groups excluding carboxylic acids is 2. The molecule has 2 amide bonds. The number of hydrogen-bond donors (Lipinski definition) is 1. The van der Waals surface area contributed by atoms with Gasteiger partial charge >= 0.3 is 0 Å². The molecule has 47 heavy (non-hydrogen) atoms. The third-order valence-corrected chi connectivity index (χ3v) is 10.8. The van der Waals surface area contributed by atoms with Crippen molar-refractivity contribution in [3.8, 4) is 0 Å². The van der Waals surface area contributed by atoms with E-state index >= 15 is 0 Å². The van der Waals surface area contributed by atoms with Gasteiger partial charge in [0.1, 0.15) is 12.6 Å². The molecule has 1 N–H and O–H groups in total. The summed E-state index contributed by atoms with van der Waals surface area (Å²) < 4.78 is 29.7. The number of nitrogens with zero attached hydrogens (tertiary/aromatic N) is 2. The summed E-state index contributed by atoms with van der Waals surface area (Å²) in [5.41, 5.74) is 4.67. The Morgan fingerprint density at radius 1 is 0.830 bits per heavy atom. The lowest BCUT2D eigenvalue weighted by Gasteiger charge is -2.34. The number of halogens is 1. The first-order valence-corrected chi connectivity index (χ1v) is 17.9. The van der Waals surface area contributed by atoms with E-state index in [4.69, 9.17) is 11.6 Å². The van der Waals surface area contributed by atoms with Crippen LogP contribution in [0.25, 0.3) is 0 Å². The molecule has 7 nitrogen and oxygen atoms in total. The zero-order chi connectivity index (χ0) is 33.6. The van der Waals surface area contributed by atoms with E-state index in [2.05, 4.69) is 5.32 Å². The van der Waals surface area contributed by atoms with Crippen molar-refractivity contribution in [2.45, 2.75) is 76.4 Å². The second-order valence-electron chi connectivity index (χ2n) is 12.5. The second kappa shape index (κ2) is 15.2. The number of sulfonamides is 1. The van der Waals surface area contributed by atoms with Gasteiger partial charge in [0.05, 0.1) is 10.6 Å². The molecule has 1 saturated carbocycles. The quantitative estimate of drug-likeness (QED) is 0.173. The summed E-state index contributed by atoms with van der Waals surface area (Å²) in [6.45, 7) is 5.26. The zero-order valence-electron chi connectivity index (χ0n) is 27.2. The number of rotatable bonds is 12. The molecular weight excluding hydrogens is 630 g/mol. The summed E-state index contributed by atoms with van der Waals surface area (Å²) in [6, 6.07) is 28.1. The number of amides is 2. The maximum Gasteiger partial charge on any atom is 0.264 e. The van der Waals surface area contributed by atoms with Crippen LogP contribution in [0.5, 0.6) is 0 Å². The van der Waals surface area contributed by atoms with Crippen LogP contribution in [-0.4, -0.2) is 43.8 Å². The molecule has 0 bridgehead atoms. The van der Waals surface area contributed by atoms with Crippen molar-refractivity contribution in [2.24, 2.45) is 0 Å². The summed E-state index contributed by atoms with van der Waals surface area (Å²) in [6.07, 6.45) is 4.17. The summed E-state index contributed by atoms with van der Waals surface area (Å²) in [7, 11) is -4.19. The Balaban J connectivity index is 1.58. The van der Waals surface area contributed by atoms with Crippen molar-refractivity contribution in [1.29, 1.82) is 0 Å². The van der Waals surface area contributed by atoms with Crippen molar-refractivity contribution >= 4 is 39.1 Å². The molecule has 4 aromatic carbocycles.